The van der Waals surface area contributed by atoms with Crippen LogP contribution in [-0.2, 0) is 18.9 Å². The average molecular weight is 382 g/mol. The lowest BCUT2D eigenvalue weighted by Crippen LogP contribution is -2.57. The van der Waals surface area contributed by atoms with Crippen LogP contribution in [0.4, 0.5) is 35.1 Å². The highest BCUT2D eigenvalue weighted by Crippen LogP contribution is 2.49. The van der Waals surface area contributed by atoms with Gasteiger partial charge < -0.3 is 4.74 Å². The highest BCUT2D eigenvalue weighted by molar-refractivity contribution is 7.95. The summed E-state index contributed by atoms with van der Waals surface area (Å²) in [5.74, 6) is -19.5. The highest BCUT2D eigenvalue weighted by Gasteiger charge is 2.74. The van der Waals surface area contributed by atoms with Crippen LogP contribution in [0.1, 0.15) is 13.3 Å². The predicted octanol–water partition coefficient (Wildman–Crippen LogP) is 3.55. The summed E-state index contributed by atoms with van der Waals surface area (Å²) in [5.41, 5.74) is 0. The van der Waals surface area contributed by atoms with Gasteiger partial charge in [-0.25, -0.2) is 14.0 Å². The van der Waals surface area contributed by atoms with E-state index in [-0.39, 0.29) is 12.0 Å². The van der Waals surface area contributed by atoms with Gasteiger partial charge in [0.15, 0.2) is 0 Å². The van der Waals surface area contributed by atoms with Gasteiger partial charge in [-0.3, -0.25) is 4.79 Å². The predicted molar refractivity (Wildman–Crippen MR) is 58.3 cm³/mol. The molecule has 0 aliphatic rings. The van der Waals surface area contributed by atoms with Crippen LogP contribution in [0.2, 0.25) is 0 Å². The zero-order valence-electron chi connectivity index (χ0n) is 11.1. The molecule has 0 saturated heterocycles. The first-order chi connectivity index (χ1) is 10.3. The second-order valence-electron chi connectivity index (χ2n) is 4.00. The number of alkyl halides is 8. The van der Waals surface area contributed by atoms with E-state index >= 15 is 0 Å². The van der Waals surface area contributed by atoms with Crippen LogP contribution in [0.5, 0.6) is 0 Å². The maximum atomic E-state index is 13.1. The van der Waals surface area contributed by atoms with E-state index in [4.69, 9.17) is 5.26 Å². The normalized spacial score (nSPS) is 14.9. The van der Waals surface area contributed by atoms with Gasteiger partial charge in [0.1, 0.15) is 5.25 Å². The van der Waals surface area contributed by atoms with Crippen molar-refractivity contribution in [2.24, 2.45) is 0 Å². The Kier molecular flexibility index (Phi) is 7.99. The van der Waals surface area contributed by atoms with Crippen LogP contribution < -0.4 is 0 Å². The third-order valence-electron chi connectivity index (χ3n) is 2.36. The fourth-order valence-electron chi connectivity index (χ4n) is 1.05. The molecular weight excluding hydrogens is 372 g/mol. The van der Waals surface area contributed by atoms with Gasteiger partial charge in [0.25, 0.3) is 0 Å². The lowest BCUT2D eigenvalue weighted by atomic mass is 10.0. The van der Waals surface area contributed by atoms with Crippen molar-refractivity contribution in [1.82, 2.24) is 0 Å². The Balaban J connectivity index is 4.67. The Bertz CT molecular complexity index is 394. The Morgan fingerprint density at radius 3 is 2.13 bits per heavy atom. The summed E-state index contributed by atoms with van der Waals surface area (Å²) in [6, 6.07) is 0. The SMILES string of the molecule is CC(SOOO)C(=O)OCCC(F)(F)C(F)(F)C(F)(F)C(F)F. The summed E-state index contributed by atoms with van der Waals surface area (Å²) in [7, 11) is 0. The molecule has 0 saturated carbocycles. The van der Waals surface area contributed by atoms with Crippen molar-refractivity contribution in [3.63, 3.8) is 0 Å². The van der Waals surface area contributed by atoms with Crippen molar-refractivity contribution in [3.05, 3.63) is 0 Å². The molecule has 0 heterocycles. The molecule has 0 aromatic carbocycles. The molecule has 1 unspecified atom stereocenters. The molecule has 1 N–H and O–H groups in total. The van der Waals surface area contributed by atoms with Crippen LogP contribution in [0, 0.1) is 0 Å². The molecule has 0 aromatic rings. The first kappa shape index (κ1) is 22.1. The highest BCUT2D eigenvalue weighted by atomic mass is 32.2. The summed E-state index contributed by atoms with van der Waals surface area (Å²) in [5, 5.41) is 9.62. The largest absolute Gasteiger partial charge is 0.465 e. The molecule has 5 nitrogen and oxygen atoms in total. The molecule has 0 spiro atoms. The molecule has 0 bridgehead atoms. The lowest BCUT2D eigenvalue weighted by Gasteiger charge is -2.32. The van der Waals surface area contributed by atoms with Crippen LogP contribution in [0.15, 0.2) is 0 Å². The molecule has 0 aliphatic carbocycles. The Hall–Kier alpha value is -0.860. The zero-order valence-corrected chi connectivity index (χ0v) is 11.9. The number of rotatable bonds is 10. The van der Waals surface area contributed by atoms with Crippen molar-refractivity contribution < 1.29 is 59.3 Å². The summed E-state index contributed by atoms with van der Waals surface area (Å²) in [6.07, 6.45) is -7.14. The van der Waals surface area contributed by atoms with Gasteiger partial charge in [-0.15, -0.1) is 4.33 Å². The van der Waals surface area contributed by atoms with Crippen molar-refractivity contribution in [1.29, 1.82) is 0 Å². The van der Waals surface area contributed by atoms with Gasteiger partial charge in [-0.2, -0.15) is 26.3 Å². The van der Waals surface area contributed by atoms with Crippen LogP contribution in [0.3, 0.4) is 0 Å². The molecule has 23 heavy (non-hydrogen) atoms. The molecule has 0 rings (SSSR count). The number of carbonyl (C=O) groups is 1. The standard InChI is InChI=1S/C9H10F8O5S/c1-4(23-22-21-19)5(18)20-3-2-7(12,13)9(16,17)8(14,15)6(10)11/h4,6,19H,2-3H2,1H3. The average Bonchev–Trinajstić information content (AvgIpc) is 2.43. The molecule has 138 valence electrons. The van der Waals surface area contributed by atoms with Crippen molar-refractivity contribution >= 4 is 18.0 Å². The van der Waals surface area contributed by atoms with Crippen molar-refractivity contribution in [2.75, 3.05) is 6.61 Å². The second kappa shape index (κ2) is 8.30. The Morgan fingerprint density at radius 2 is 1.70 bits per heavy atom. The molecule has 0 radical (unpaired) electrons. The van der Waals surface area contributed by atoms with Gasteiger partial charge in [-0.1, -0.05) is 5.04 Å². The number of hydrogen-bond acceptors (Lipinski definition) is 6. The summed E-state index contributed by atoms with van der Waals surface area (Å²) in [6.45, 7) is -0.380. The van der Waals surface area contributed by atoms with E-state index in [0.29, 0.717) is 0 Å². The van der Waals surface area contributed by atoms with E-state index < -0.39 is 48.4 Å². The molecule has 1 atom stereocenters. The minimum atomic E-state index is -6.35. The van der Waals surface area contributed by atoms with Gasteiger partial charge in [0.05, 0.1) is 13.0 Å². The number of carbonyl (C=O) groups excluding carboxylic acids is 1. The van der Waals surface area contributed by atoms with E-state index in [0.717, 1.165) is 6.92 Å². The monoisotopic (exact) mass is 382 g/mol. The molecule has 0 amide bonds. The van der Waals surface area contributed by atoms with E-state index in [1.54, 1.807) is 0 Å². The molecular formula is C9H10F8O5S. The topological polar surface area (TPSA) is 65.0 Å². The third kappa shape index (κ3) is 5.32. The molecule has 0 fully saturated rings. The van der Waals surface area contributed by atoms with Crippen LogP contribution in [-0.4, -0.2) is 47.3 Å². The Morgan fingerprint density at radius 1 is 1.17 bits per heavy atom. The van der Waals surface area contributed by atoms with Crippen LogP contribution in [0.25, 0.3) is 0 Å². The number of esters is 1. The van der Waals surface area contributed by atoms with Gasteiger partial charge in [0.2, 0.25) is 0 Å². The quantitative estimate of drug-likeness (QED) is 0.205. The molecule has 0 aliphatic heterocycles. The van der Waals surface area contributed by atoms with Crippen molar-refractivity contribution in [3.8, 4) is 0 Å². The molecule has 14 heteroatoms. The first-order valence-electron chi connectivity index (χ1n) is 5.53. The second-order valence-corrected chi connectivity index (χ2v) is 5.04. The van der Waals surface area contributed by atoms with E-state index in [2.05, 4.69) is 14.1 Å². The fourth-order valence-corrected chi connectivity index (χ4v) is 1.35. The maximum absolute atomic E-state index is 13.1. The molecule has 0 aromatic heterocycles. The number of ether oxygens (including phenoxy) is 1. The first-order valence-corrected chi connectivity index (χ1v) is 6.33. The van der Waals surface area contributed by atoms with Gasteiger partial charge in [-0.05, 0) is 6.92 Å². The summed E-state index contributed by atoms with van der Waals surface area (Å²) < 4.78 is 109. The number of halogens is 8. The Labute approximate surface area is 127 Å². The van der Waals surface area contributed by atoms with Crippen molar-refractivity contribution in [2.45, 2.75) is 42.8 Å². The fraction of sp³-hybridized carbons (Fsp3) is 0.889. The van der Waals surface area contributed by atoms with E-state index in [9.17, 15) is 39.9 Å². The maximum Gasteiger partial charge on any atom is 0.377 e. The summed E-state index contributed by atoms with van der Waals surface area (Å²) in [4.78, 5) is 11.1. The smallest absolute Gasteiger partial charge is 0.377 e. The van der Waals surface area contributed by atoms with E-state index in [1.807, 2.05) is 0 Å². The minimum Gasteiger partial charge on any atom is -0.465 e. The minimum absolute atomic E-state index is 0.155. The third-order valence-corrected chi connectivity index (χ3v) is 2.98. The summed E-state index contributed by atoms with van der Waals surface area (Å²) >= 11 is 0.155. The van der Waals surface area contributed by atoms with E-state index in [1.165, 1.54) is 0 Å². The lowest BCUT2D eigenvalue weighted by molar-refractivity contribution is -0.432. The van der Waals surface area contributed by atoms with Gasteiger partial charge >= 0.3 is 30.2 Å². The van der Waals surface area contributed by atoms with Gasteiger partial charge in [0, 0.05) is 12.0 Å². The van der Waals surface area contributed by atoms with Crippen LogP contribution >= 0.6 is 12.0 Å². The zero-order chi connectivity index (χ0) is 18.5. The number of hydrogen-bond donors (Lipinski definition) is 1.